The number of amides is 1. The second kappa shape index (κ2) is 10.8. The van der Waals surface area contributed by atoms with Gasteiger partial charge in [0.25, 0.3) is 0 Å². The number of methoxy groups -OCH3 is 1. The molecule has 0 bridgehead atoms. The highest BCUT2D eigenvalue weighted by Gasteiger charge is 2.18. The second-order valence-electron chi connectivity index (χ2n) is 7.46. The van der Waals surface area contributed by atoms with Crippen LogP contribution in [0, 0.1) is 0 Å². The molecule has 1 amide bonds. The molecule has 0 fully saturated rings. The van der Waals surface area contributed by atoms with Crippen LogP contribution in [0.5, 0.6) is 11.5 Å². The van der Waals surface area contributed by atoms with Gasteiger partial charge in [-0.05, 0) is 54.4 Å². The first kappa shape index (κ1) is 22.6. The summed E-state index contributed by atoms with van der Waals surface area (Å²) in [6.07, 6.45) is 0.215. The highest BCUT2D eigenvalue weighted by atomic mass is 32.1. The molecule has 0 saturated carbocycles. The van der Waals surface area contributed by atoms with E-state index >= 15 is 0 Å². The molecule has 5 nitrogen and oxygen atoms in total. The van der Waals surface area contributed by atoms with Gasteiger partial charge in [0.1, 0.15) is 16.5 Å². The summed E-state index contributed by atoms with van der Waals surface area (Å²) in [5.41, 5.74) is 3.77. The third-order valence-corrected chi connectivity index (χ3v) is 6.13. The van der Waals surface area contributed by atoms with Gasteiger partial charge in [0.15, 0.2) is 0 Å². The molecule has 0 aliphatic heterocycles. The summed E-state index contributed by atoms with van der Waals surface area (Å²) in [5.74, 6) is 1.53. The Hall–Kier alpha value is -3.64. The number of hydrogen-bond acceptors (Lipinski definition) is 5. The molecule has 4 rings (SSSR count). The number of rotatable bonds is 9. The van der Waals surface area contributed by atoms with E-state index in [1.165, 1.54) is 11.3 Å². The smallest absolute Gasteiger partial charge is 0.226 e. The van der Waals surface area contributed by atoms with Crippen molar-refractivity contribution in [1.29, 1.82) is 0 Å². The van der Waals surface area contributed by atoms with Crippen LogP contribution in [0.4, 0.5) is 0 Å². The summed E-state index contributed by atoms with van der Waals surface area (Å²) in [6, 6.07) is 25.3. The zero-order valence-corrected chi connectivity index (χ0v) is 19.5. The number of nitrogens with zero attached hydrogens (tertiary/aromatic N) is 1. The van der Waals surface area contributed by atoms with Crippen molar-refractivity contribution in [3.05, 3.63) is 101 Å². The number of hydrogen-bond donors (Lipinski definition) is 1. The van der Waals surface area contributed by atoms with Crippen LogP contribution in [-0.4, -0.2) is 24.6 Å². The molecule has 6 heteroatoms. The van der Waals surface area contributed by atoms with Gasteiger partial charge in [0.05, 0.1) is 31.9 Å². The number of carbonyl (C=O) groups is 1. The van der Waals surface area contributed by atoms with Gasteiger partial charge >= 0.3 is 0 Å². The van der Waals surface area contributed by atoms with E-state index in [1.54, 1.807) is 7.11 Å². The molecule has 0 spiro atoms. The van der Waals surface area contributed by atoms with E-state index in [0.29, 0.717) is 6.61 Å². The normalized spacial score (nSPS) is 11.6. The number of aromatic nitrogens is 1. The van der Waals surface area contributed by atoms with E-state index in [4.69, 9.17) is 9.47 Å². The minimum absolute atomic E-state index is 0.0804. The molecule has 168 valence electrons. The van der Waals surface area contributed by atoms with Crippen LogP contribution >= 0.6 is 11.3 Å². The fourth-order valence-electron chi connectivity index (χ4n) is 3.56. The lowest BCUT2D eigenvalue weighted by Crippen LogP contribution is -2.30. The fraction of sp³-hybridized carbons (Fsp3) is 0.185. The van der Waals surface area contributed by atoms with Crippen molar-refractivity contribution in [3.8, 4) is 22.1 Å². The third-order valence-electron chi connectivity index (χ3n) is 5.19. The van der Waals surface area contributed by atoms with E-state index in [1.807, 2.05) is 91.2 Å². The number of ether oxygens (including phenoxy) is 2. The van der Waals surface area contributed by atoms with Crippen molar-refractivity contribution < 1.29 is 14.3 Å². The Balaban J connectivity index is 1.47. The maximum atomic E-state index is 13.0. The van der Waals surface area contributed by atoms with Gasteiger partial charge in [0.2, 0.25) is 5.91 Å². The average molecular weight is 459 g/mol. The highest BCUT2D eigenvalue weighted by molar-refractivity contribution is 7.13. The van der Waals surface area contributed by atoms with Crippen LogP contribution in [0.3, 0.4) is 0 Å². The Bertz CT molecular complexity index is 1170. The largest absolute Gasteiger partial charge is 0.497 e. The molecule has 4 aromatic rings. The Morgan fingerprint density at radius 2 is 1.61 bits per heavy atom. The Morgan fingerprint density at radius 3 is 2.27 bits per heavy atom. The highest BCUT2D eigenvalue weighted by Crippen LogP contribution is 2.27. The van der Waals surface area contributed by atoms with Crippen LogP contribution < -0.4 is 14.8 Å². The Labute approximate surface area is 198 Å². The van der Waals surface area contributed by atoms with Gasteiger partial charge in [-0.25, -0.2) is 4.98 Å². The SMILES string of the molecule is CCOc1ccc(-c2nc(CC(=O)NC(c3ccccc3)c3ccc(OC)cc3)cs2)cc1. The van der Waals surface area contributed by atoms with Crippen molar-refractivity contribution in [3.63, 3.8) is 0 Å². The summed E-state index contributed by atoms with van der Waals surface area (Å²) >= 11 is 1.53. The maximum absolute atomic E-state index is 13.0. The van der Waals surface area contributed by atoms with Gasteiger partial charge in [-0.3, -0.25) is 4.79 Å². The summed E-state index contributed by atoms with van der Waals surface area (Å²) in [7, 11) is 1.64. The molecule has 1 heterocycles. The number of carbonyl (C=O) groups excluding carboxylic acids is 1. The molecule has 1 atom stereocenters. The topological polar surface area (TPSA) is 60.5 Å². The Kier molecular flexibility index (Phi) is 7.37. The molecule has 0 aliphatic carbocycles. The van der Waals surface area contributed by atoms with Crippen molar-refractivity contribution in [2.75, 3.05) is 13.7 Å². The minimum Gasteiger partial charge on any atom is -0.497 e. The minimum atomic E-state index is -0.256. The van der Waals surface area contributed by atoms with Crippen LogP contribution in [-0.2, 0) is 11.2 Å². The molecule has 1 N–H and O–H groups in total. The number of nitrogens with one attached hydrogen (secondary N) is 1. The standard InChI is InChI=1S/C27H26N2O3S/c1-3-32-24-15-11-21(12-16-24)27-28-22(18-33-27)17-25(30)29-26(19-7-5-4-6-8-19)20-9-13-23(31-2)14-10-20/h4-16,18,26H,3,17H2,1-2H3,(H,29,30). The summed E-state index contributed by atoms with van der Waals surface area (Å²) in [4.78, 5) is 17.6. The molecular formula is C27H26N2O3S. The third kappa shape index (κ3) is 5.79. The first-order valence-electron chi connectivity index (χ1n) is 10.8. The molecular weight excluding hydrogens is 432 g/mol. The van der Waals surface area contributed by atoms with Crippen LogP contribution in [0.1, 0.15) is 29.8 Å². The first-order chi connectivity index (χ1) is 16.2. The lowest BCUT2D eigenvalue weighted by molar-refractivity contribution is -0.121. The molecule has 3 aromatic carbocycles. The molecule has 0 saturated heterocycles. The molecule has 1 aromatic heterocycles. The molecule has 0 aliphatic rings. The summed E-state index contributed by atoms with van der Waals surface area (Å²) in [5, 5.41) is 6.00. The lowest BCUT2D eigenvalue weighted by atomic mass is 9.98. The van der Waals surface area contributed by atoms with Gasteiger partial charge in [0, 0.05) is 10.9 Å². The van der Waals surface area contributed by atoms with E-state index < -0.39 is 0 Å². The van der Waals surface area contributed by atoms with Crippen LogP contribution in [0.15, 0.2) is 84.2 Å². The van der Waals surface area contributed by atoms with Crippen LogP contribution in [0.2, 0.25) is 0 Å². The van der Waals surface area contributed by atoms with Crippen molar-refractivity contribution in [2.45, 2.75) is 19.4 Å². The van der Waals surface area contributed by atoms with Gasteiger partial charge in [-0.15, -0.1) is 11.3 Å². The quantitative estimate of drug-likeness (QED) is 0.351. The monoisotopic (exact) mass is 458 g/mol. The van der Waals surface area contributed by atoms with E-state index in [0.717, 1.165) is 38.9 Å². The number of thiazole rings is 1. The fourth-order valence-corrected chi connectivity index (χ4v) is 4.38. The lowest BCUT2D eigenvalue weighted by Gasteiger charge is -2.20. The van der Waals surface area contributed by atoms with E-state index in [9.17, 15) is 4.79 Å². The predicted octanol–water partition coefficient (Wildman–Crippen LogP) is 5.67. The van der Waals surface area contributed by atoms with Crippen LogP contribution in [0.25, 0.3) is 10.6 Å². The maximum Gasteiger partial charge on any atom is 0.226 e. The Morgan fingerprint density at radius 1 is 0.939 bits per heavy atom. The van der Waals surface area contributed by atoms with Gasteiger partial charge < -0.3 is 14.8 Å². The summed E-state index contributed by atoms with van der Waals surface area (Å²) < 4.78 is 10.8. The number of benzene rings is 3. The van der Waals surface area contributed by atoms with E-state index in [-0.39, 0.29) is 18.4 Å². The van der Waals surface area contributed by atoms with Gasteiger partial charge in [-0.1, -0.05) is 42.5 Å². The van der Waals surface area contributed by atoms with Crippen molar-refractivity contribution in [1.82, 2.24) is 10.3 Å². The first-order valence-corrected chi connectivity index (χ1v) is 11.7. The zero-order valence-electron chi connectivity index (χ0n) is 18.7. The second-order valence-corrected chi connectivity index (χ2v) is 8.32. The van der Waals surface area contributed by atoms with Gasteiger partial charge in [-0.2, -0.15) is 0 Å². The van der Waals surface area contributed by atoms with Crippen molar-refractivity contribution >= 4 is 17.2 Å². The predicted molar refractivity (Wildman–Crippen MR) is 132 cm³/mol. The molecule has 33 heavy (non-hydrogen) atoms. The molecule has 1 unspecified atom stereocenters. The summed E-state index contributed by atoms with van der Waals surface area (Å²) in [6.45, 7) is 2.60. The zero-order chi connectivity index (χ0) is 23.0. The van der Waals surface area contributed by atoms with E-state index in [2.05, 4.69) is 10.3 Å². The average Bonchev–Trinajstić information content (AvgIpc) is 3.32. The van der Waals surface area contributed by atoms with Crippen molar-refractivity contribution in [2.24, 2.45) is 0 Å². The molecule has 0 radical (unpaired) electrons.